The van der Waals surface area contributed by atoms with Crippen molar-refractivity contribution < 1.29 is 23.2 Å². The van der Waals surface area contributed by atoms with Gasteiger partial charge in [-0.05, 0) is 30.7 Å². The third-order valence-corrected chi connectivity index (χ3v) is 6.89. The molecule has 10 heteroatoms. The van der Waals surface area contributed by atoms with E-state index < -0.39 is 49.5 Å². The van der Waals surface area contributed by atoms with Crippen LogP contribution in [0.25, 0.3) is 0 Å². The first-order chi connectivity index (χ1) is 16.1. The zero-order chi connectivity index (χ0) is 24.9. The Balaban J connectivity index is 1.95. The van der Waals surface area contributed by atoms with Gasteiger partial charge in [0.2, 0.25) is 10.0 Å². The van der Waals surface area contributed by atoms with Gasteiger partial charge < -0.3 is 10.4 Å². The number of anilines is 1. The smallest absolute Gasteiger partial charge is 0.289 e. The van der Waals surface area contributed by atoms with E-state index in [1.807, 2.05) is 6.92 Å². The van der Waals surface area contributed by atoms with Crippen LogP contribution >= 0.6 is 0 Å². The molecule has 0 radical (unpaired) electrons. The molecule has 178 valence electrons. The fourth-order valence-electron chi connectivity index (χ4n) is 3.48. The number of amides is 1. The highest BCUT2D eigenvalue weighted by Gasteiger charge is 2.35. The van der Waals surface area contributed by atoms with Crippen molar-refractivity contribution >= 4 is 27.3 Å². The average molecular weight is 484 g/mol. The highest BCUT2D eigenvalue weighted by Crippen LogP contribution is 2.30. The number of benzene rings is 3. The van der Waals surface area contributed by atoms with E-state index in [0.29, 0.717) is 11.3 Å². The van der Waals surface area contributed by atoms with Crippen LogP contribution in [0.5, 0.6) is 0 Å². The van der Waals surface area contributed by atoms with Gasteiger partial charge in [-0.25, -0.2) is 13.1 Å². The van der Waals surface area contributed by atoms with Gasteiger partial charge in [0, 0.05) is 17.7 Å². The molecule has 3 N–H and O–H groups in total. The van der Waals surface area contributed by atoms with Crippen molar-refractivity contribution in [1.82, 2.24) is 4.72 Å². The SMILES string of the molecule is Cc1ccc([C@H](NS(=O)(=O)c2ccccc2[N+](=O)[O-])[C@H](C)[C@H](O)C(=O)Nc2ccccc2)cc1. The molecule has 0 fully saturated rings. The molecule has 0 spiro atoms. The maximum absolute atomic E-state index is 13.2. The number of sulfonamides is 1. The van der Waals surface area contributed by atoms with Crippen LogP contribution in [0.15, 0.2) is 83.8 Å². The van der Waals surface area contributed by atoms with Crippen LogP contribution in [-0.2, 0) is 14.8 Å². The number of carbonyl (C=O) groups is 1. The van der Waals surface area contributed by atoms with Gasteiger partial charge in [0.25, 0.3) is 11.6 Å². The Morgan fingerprint density at radius 2 is 1.56 bits per heavy atom. The van der Waals surface area contributed by atoms with Crippen molar-refractivity contribution in [2.75, 3.05) is 5.32 Å². The van der Waals surface area contributed by atoms with Gasteiger partial charge >= 0.3 is 0 Å². The predicted molar refractivity (Wildman–Crippen MR) is 128 cm³/mol. The first-order valence-electron chi connectivity index (χ1n) is 10.5. The summed E-state index contributed by atoms with van der Waals surface area (Å²) in [5.74, 6) is -1.63. The summed E-state index contributed by atoms with van der Waals surface area (Å²) in [6, 6.07) is 19.4. The van der Waals surface area contributed by atoms with Crippen LogP contribution in [0, 0.1) is 23.0 Å². The number of carbonyl (C=O) groups excluding carboxylic acids is 1. The number of nitrogens with one attached hydrogen (secondary N) is 2. The summed E-state index contributed by atoms with van der Waals surface area (Å²) in [7, 11) is -4.39. The molecule has 3 rings (SSSR count). The lowest BCUT2D eigenvalue weighted by molar-refractivity contribution is -0.387. The number of rotatable bonds is 9. The molecule has 0 saturated carbocycles. The third-order valence-electron chi connectivity index (χ3n) is 5.40. The zero-order valence-electron chi connectivity index (χ0n) is 18.6. The largest absolute Gasteiger partial charge is 0.383 e. The first-order valence-corrected chi connectivity index (χ1v) is 11.9. The number of aliphatic hydroxyl groups is 1. The number of hydrogen-bond donors (Lipinski definition) is 3. The molecule has 0 heterocycles. The van der Waals surface area contributed by atoms with Crippen LogP contribution in [0.1, 0.15) is 24.1 Å². The molecule has 0 saturated heterocycles. The number of hydrogen-bond acceptors (Lipinski definition) is 6. The van der Waals surface area contributed by atoms with E-state index in [0.717, 1.165) is 17.7 Å². The quantitative estimate of drug-likeness (QED) is 0.314. The molecule has 9 nitrogen and oxygen atoms in total. The fraction of sp³-hybridized carbons (Fsp3) is 0.208. The number of nitro benzene ring substituents is 1. The third kappa shape index (κ3) is 5.84. The molecule has 1 amide bonds. The minimum absolute atomic E-state index is 0.478. The molecule has 3 aromatic rings. The van der Waals surface area contributed by atoms with Crippen molar-refractivity contribution in [2.24, 2.45) is 5.92 Å². The Morgan fingerprint density at radius 3 is 2.18 bits per heavy atom. The number of nitrogens with zero attached hydrogens (tertiary/aromatic N) is 1. The van der Waals surface area contributed by atoms with E-state index in [2.05, 4.69) is 10.0 Å². The van der Waals surface area contributed by atoms with E-state index in [4.69, 9.17) is 0 Å². The summed E-state index contributed by atoms with van der Waals surface area (Å²) in [6.07, 6.45) is -1.58. The molecular weight excluding hydrogens is 458 g/mol. The molecule has 34 heavy (non-hydrogen) atoms. The Bertz CT molecular complexity index is 1260. The highest BCUT2D eigenvalue weighted by molar-refractivity contribution is 7.89. The second-order valence-electron chi connectivity index (χ2n) is 7.89. The second-order valence-corrected chi connectivity index (χ2v) is 9.58. The molecule has 0 unspecified atom stereocenters. The Labute approximate surface area is 197 Å². The van der Waals surface area contributed by atoms with Gasteiger partial charge in [-0.15, -0.1) is 0 Å². The molecule has 0 aromatic heterocycles. The lowest BCUT2D eigenvalue weighted by atomic mass is 9.90. The van der Waals surface area contributed by atoms with E-state index in [9.17, 15) is 28.4 Å². The highest BCUT2D eigenvalue weighted by atomic mass is 32.2. The average Bonchev–Trinajstić information content (AvgIpc) is 2.83. The Hall–Kier alpha value is -3.60. The van der Waals surface area contributed by atoms with E-state index in [-0.39, 0.29) is 0 Å². The monoisotopic (exact) mass is 483 g/mol. The summed E-state index contributed by atoms with van der Waals surface area (Å²) in [5, 5.41) is 24.8. The molecule has 0 aliphatic heterocycles. The van der Waals surface area contributed by atoms with E-state index in [1.165, 1.54) is 19.1 Å². The van der Waals surface area contributed by atoms with Crippen LogP contribution in [0.2, 0.25) is 0 Å². The normalized spacial score (nSPS) is 14.1. The topological polar surface area (TPSA) is 139 Å². The summed E-state index contributed by atoms with van der Waals surface area (Å²) in [6.45, 7) is 3.39. The van der Waals surface area contributed by atoms with Gasteiger partial charge in [-0.2, -0.15) is 0 Å². The number of para-hydroxylation sites is 2. The number of aryl methyl sites for hydroxylation is 1. The van der Waals surface area contributed by atoms with Crippen LogP contribution in [0.4, 0.5) is 11.4 Å². The van der Waals surface area contributed by atoms with Gasteiger partial charge in [-0.3, -0.25) is 14.9 Å². The van der Waals surface area contributed by atoms with Gasteiger partial charge in [0.1, 0.15) is 6.10 Å². The second kappa shape index (κ2) is 10.6. The summed E-state index contributed by atoms with van der Waals surface area (Å²) < 4.78 is 28.9. The maximum Gasteiger partial charge on any atom is 0.289 e. The molecular formula is C24H25N3O6S. The van der Waals surface area contributed by atoms with Crippen LogP contribution in [0.3, 0.4) is 0 Å². The van der Waals surface area contributed by atoms with E-state index >= 15 is 0 Å². The predicted octanol–water partition coefficient (Wildman–Crippen LogP) is 3.56. The van der Waals surface area contributed by atoms with Crippen molar-refractivity contribution in [2.45, 2.75) is 30.9 Å². The number of nitro groups is 1. The fourth-order valence-corrected chi connectivity index (χ4v) is 4.96. The lowest BCUT2D eigenvalue weighted by Crippen LogP contribution is -2.42. The van der Waals surface area contributed by atoms with Gasteiger partial charge in [0.15, 0.2) is 4.90 Å². The van der Waals surface area contributed by atoms with Crippen LogP contribution in [-0.4, -0.2) is 30.5 Å². The van der Waals surface area contributed by atoms with Crippen molar-refractivity contribution in [3.05, 3.63) is 100 Å². The minimum atomic E-state index is -4.39. The van der Waals surface area contributed by atoms with Crippen LogP contribution < -0.4 is 10.0 Å². The van der Waals surface area contributed by atoms with Crippen molar-refractivity contribution in [3.8, 4) is 0 Å². The van der Waals surface area contributed by atoms with Gasteiger partial charge in [0.05, 0.1) is 11.0 Å². The Morgan fingerprint density at radius 1 is 0.971 bits per heavy atom. The zero-order valence-corrected chi connectivity index (χ0v) is 19.4. The summed E-state index contributed by atoms with van der Waals surface area (Å²) in [4.78, 5) is 22.8. The van der Waals surface area contributed by atoms with Gasteiger partial charge in [-0.1, -0.05) is 67.1 Å². The Kier molecular flexibility index (Phi) is 7.77. The molecule has 0 aliphatic rings. The number of aliphatic hydroxyl groups excluding tert-OH is 1. The minimum Gasteiger partial charge on any atom is -0.383 e. The van der Waals surface area contributed by atoms with Crippen molar-refractivity contribution in [1.29, 1.82) is 0 Å². The molecule has 3 aromatic carbocycles. The maximum atomic E-state index is 13.2. The first kappa shape index (κ1) is 25.0. The van der Waals surface area contributed by atoms with E-state index in [1.54, 1.807) is 54.6 Å². The standard InChI is InChI=1S/C24H25N3O6S/c1-16-12-14-18(15-13-16)22(17(2)23(28)24(29)25-19-8-4-3-5-9-19)26-34(32,33)21-11-7-6-10-20(21)27(30)31/h3-15,17,22-23,26,28H,1-2H3,(H,25,29)/t17-,22+,23-/m0/s1. The van der Waals surface area contributed by atoms with Crippen molar-refractivity contribution in [3.63, 3.8) is 0 Å². The summed E-state index contributed by atoms with van der Waals surface area (Å²) in [5.41, 5.74) is 1.32. The lowest BCUT2D eigenvalue weighted by Gasteiger charge is -2.28. The summed E-state index contributed by atoms with van der Waals surface area (Å²) >= 11 is 0. The molecule has 0 aliphatic carbocycles. The molecule has 0 bridgehead atoms. The molecule has 3 atom stereocenters.